The zero-order chi connectivity index (χ0) is 16.1. The van der Waals surface area contributed by atoms with Gasteiger partial charge in [0.05, 0.1) is 13.2 Å². The Balaban J connectivity index is 1.52. The zero-order valence-electron chi connectivity index (χ0n) is 13.7. The van der Waals surface area contributed by atoms with Crippen LogP contribution in [0.5, 0.6) is 0 Å². The quantitative estimate of drug-likeness (QED) is 0.862. The summed E-state index contributed by atoms with van der Waals surface area (Å²) in [6, 6.07) is 0.158. The van der Waals surface area contributed by atoms with Gasteiger partial charge in [-0.1, -0.05) is 6.92 Å². The molecule has 128 valence electrons. The minimum Gasteiger partial charge on any atom is -0.378 e. The number of carbonyl (C=O) groups is 1. The highest BCUT2D eigenvalue weighted by atomic mass is 32.1. The van der Waals surface area contributed by atoms with Crippen molar-refractivity contribution in [2.24, 2.45) is 0 Å². The van der Waals surface area contributed by atoms with Gasteiger partial charge in [0.1, 0.15) is 5.82 Å². The van der Waals surface area contributed by atoms with Crippen molar-refractivity contribution in [3.63, 3.8) is 0 Å². The molecule has 2 fully saturated rings. The SMILES string of the molecule is CCc1nsc(N2CCCN(C(=O)CC3COCCN3)CC2)n1. The van der Waals surface area contributed by atoms with E-state index < -0.39 is 0 Å². The number of nitrogens with zero attached hydrogens (tertiary/aromatic N) is 4. The van der Waals surface area contributed by atoms with Crippen LogP contribution in [0, 0.1) is 0 Å². The van der Waals surface area contributed by atoms with Crippen molar-refractivity contribution in [1.29, 1.82) is 0 Å². The number of amides is 1. The first-order valence-corrected chi connectivity index (χ1v) is 9.20. The highest BCUT2D eigenvalue weighted by Crippen LogP contribution is 2.19. The van der Waals surface area contributed by atoms with Gasteiger partial charge in [-0.25, -0.2) is 4.98 Å². The van der Waals surface area contributed by atoms with E-state index in [1.54, 1.807) is 0 Å². The number of aromatic nitrogens is 2. The summed E-state index contributed by atoms with van der Waals surface area (Å²) < 4.78 is 9.79. The third-order valence-corrected chi connectivity index (χ3v) is 5.13. The molecule has 2 aliphatic heterocycles. The van der Waals surface area contributed by atoms with E-state index in [9.17, 15) is 4.79 Å². The van der Waals surface area contributed by atoms with Crippen molar-refractivity contribution >= 4 is 22.6 Å². The van der Waals surface area contributed by atoms with E-state index in [1.807, 2.05) is 4.90 Å². The smallest absolute Gasteiger partial charge is 0.224 e. The van der Waals surface area contributed by atoms with E-state index in [1.165, 1.54) is 11.5 Å². The van der Waals surface area contributed by atoms with Gasteiger partial charge in [-0.15, -0.1) is 0 Å². The number of morpholine rings is 1. The lowest BCUT2D eigenvalue weighted by Gasteiger charge is -2.27. The van der Waals surface area contributed by atoms with Gasteiger partial charge in [0.2, 0.25) is 11.0 Å². The molecular weight excluding hydrogens is 314 g/mol. The van der Waals surface area contributed by atoms with Gasteiger partial charge in [0, 0.05) is 63.1 Å². The molecule has 0 aliphatic carbocycles. The van der Waals surface area contributed by atoms with Crippen LogP contribution in [0.2, 0.25) is 0 Å². The summed E-state index contributed by atoms with van der Waals surface area (Å²) in [6.07, 6.45) is 2.37. The lowest BCUT2D eigenvalue weighted by atomic mass is 10.1. The lowest BCUT2D eigenvalue weighted by molar-refractivity contribution is -0.132. The van der Waals surface area contributed by atoms with Crippen molar-refractivity contribution in [2.75, 3.05) is 50.8 Å². The van der Waals surface area contributed by atoms with Gasteiger partial charge in [0.25, 0.3) is 0 Å². The van der Waals surface area contributed by atoms with Gasteiger partial charge in [0.15, 0.2) is 0 Å². The molecule has 1 aromatic rings. The number of carbonyl (C=O) groups excluding carboxylic acids is 1. The second-order valence-corrected chi connectivity index (χ2v) is 6.73. The standard InChI is InChI=1S/C15H25N5O2S/c1-2-13-17-15(23-18-13)20-6-3-5-19(7-8-20)14(21)10-12-11-22-9-4-16-12/h12,16H,2-11H2,1H3. The van der Waals surface area contributed by atoms with Crippen LogP contribution in [0.4, 0.5) is 5.13 Å². The minimum atomic E-state index is 0.158. The Labute approximate surface area is 141 Å². The Morgan fingerprint density at radius 1 is 1.39 bits per heavy atom. The molecule has 8 heteroatoms. The fourth-order valence-electron chi connectivity index (χ4n) is 2.97. The summed E-state index contributed by atoms with van der Waals surface area (Å²) >= 11 is 1.46. The molecule has 1 atom stereocenters. The van der Waals surface area contributed by atoms with Crippen molar-refractivity contribution in [2.45, 2.75) is 32.2 Å². The third kappa shape index (κ3) is 4.39. The summed E-state index contributed by atoms with van der Waals surface area (Å²) in [5.74, 6) is 1.13. The van der Waals surface area contributed by atoms with E-state index in [0.717, 1.165) is 63.1 Å². The minimum absolute atomic E-state index is 0.158. The Kier molecular flexibility index (Phi) is 5.80. The molecule has 2 aliphatic rings. The maximum Gasteiger partial charge on any atom is 0.224 e. The second kappa shape index (κ2) is 8.03. The van der Waals surface area contributed by atoms with Crippen LogP contribution in [0.15, 0.2) is 0 Å². The molecule has 0 spiro atoms. The van der Waals surface area contributed by atoms with Crippen molar-refractivity contribution in [3.8, 4) is 0 Å². The highest BCUT2D eigenvalue weighted by molar-refractivity contribution is 7.09. The topological polar surface area (TPSA) is 70.6 Å². The largest absolute Gasteiger partial charge is 0.378 e. The Morgan fingerprint density at radius 2 is 2.30 bits per heavy atom. The average Bonchev–Trinajstić information content (AvgIpc) is 2.92. The van der Waals surface area contributed by atoms with E-state index >= 15 is 0 Å². The number of rotatable bonds is 4. The summed E-state index contributed by atoms with van der Waals surface area (Å²) in [5.41, 5.74) is 0. The first kappa shape index (κ1) is 16.6. The molecule has 0 radical (unpaired) electrons. The fraction of sp³-hybridized carbons (Fsp3) is 0.800. The van der Waals surface area contributed by atoms with Crippen molar-refractivity contribution < 1.29 is 9.53 Å². The van der Waals surface area contributed by atoms with Crippen LogP contribution in [0.25, 0.3) is 0 Å². The maximum atomic E-state index is 12.5. The zero-order valence-corrected chi connectivity index (χ0v) is 14.5. The normalized spacial score (nSPS) is 22.9. The van der Waals surface area contributed by atoms with Crippen LogP contribution in [-0.4, -0.2) is 72.1 Å². The van der Waals surface area contributed by atoms with Crippen LogP contribution >= 0.6 is 11.5 Å². The van der Waals surface area contributed by atoms with E-state index in [2.05, 4.69) is 26.5 Å². The number of hydrogen-bond acceptors (Lipinski definition) is 7. The molecule has 0 aromatic carbocycles. The monoisotopic (exact) mass is 339 g/mol. The van der Waals surface area contributed by atoms with Crippen molar-refractivity contribution in [3.05, 3.63) is 5.82 Å². The number of anilines is 1. The second-order valence-electron chi connectivity index (χ2n) is 6.00. The van der Waals surface area contributed by atoms with Crippen LogP contribution in [0.1, 0.15) is 25.6 Å². The van der Waals surface area contributed by atoms with Crippen LogP contribution < -0.4 is 10.2 Å². The average molecular weight is 339 g/mol. The first-order chi connectivity index (χ1) is 11.3. The fourth-order valence-corrected chi connectivity index (χ4v) is 3.77. The predicted octanol–water partition coefficient (Wildman–Crippen LogP) is 0.518. The summed E-state index contributed by atoms with van der Waals surface area (Å²) in [7, 11) is 0. The number of ether oxygens (including phenoxy) is 1. The molecular formula is C15H25N5O2S. The van der Waals surface area contributed by atoms with Crippen LogP contribution in [0.3, 0.4) is 0 Å². The molecule has 1 N–H and O–H groups in total. The van der Waals surface area contributed by atoms with Gasteiger partial charge >= 0.3 is 0 Å². The Hall–Kier alpha value is -1.25. The molecule has 2 saturated heterocycles. The van der Waals surface area contributed by atoms with E-state index in [-0.39, 0.29) is 11.9 Å². The van der Waals surface area contributed by atoms with Gasteiger partial charge in [-0.05, 0) is 6.42 Å². The molecule has 3 rings (SSSR count). The molecule has 1 aromatic heterocycles. The van der Waals surface area contributed by atoms with Crippen molar-refractivity contribution in [1.82, 2.24) is 19.6 Å². The van der Waals surface area contributed by atoms with Crippen LogP contribution in [-0.2, 0) is 16.0 Å². The van der Waals surface area contributed by atoms with E-state index in [4.69, 9.17) is 4.74 Å². The summed E-state index contributed by atoms with van der Waals surface area (Å²) in [5, 5.41) is 4.33. The summed E-state index contributed by atoms with van der Waals surface area (Å²) in [6.45, 7) is 7.63. The molecule has 0 saturated carbocycles. The maximum absolute atomic E-state index is 12.5. The van der Waals surface area contributed by atoms with E-state index in [0.29, 0.717) is 13.0 Å². The Bertz CT molecular complexity index is 518. The molecule has 3 heterocycles. The molecule has 1 unspecified atom stereocenters. The predicted molar refractivity (Wildman–Crippen MR) is 89.9 cm³/mol. The highest BCUT2D eigenvalue weighted by Gasteiger charge is 2.24. The number of nitrogens with one attached hydrogen (secondary N) is 1. The number of hydrogen-bond donors (Lipinski definition) is 1. The first-order valence-electron chi connectivity index (χ1n) is 8.42. The molecule has 1 amide bonds. The van der Waals surface area contributed by atoms with Gasteiger partial charge < -0.3 is 19.9 Å². The van der Waals surface area contributed by atoms with Gasteiger partial charge in [-0.3, -0.25) is 4.79 Å². The Morgan fingerprint density at radius 3 is 3.04 bits per heavy atom. The summed E-state index contributed by atoms with van der Waals surface area (Å²) in [4.78, 5) is 21.3. The third-order valence-electron chi connectivity index (χ3n) is 4.31. The molecule has 0 bridgehead atoms. The van der Waals surface area contributed by atoms with Gasteiger partial charge in [-0.2, -0.15) is 4.37 Å². The molecule has 7 nitrogen and oxygen atoms in total. The molecule has 23 heavy (non-hydrogen) atoms. The lowest BCUT2D eigenvalue weighted by Crippen LogP contribution is -2.45. The number of aryl methyl sites for hydroxylation is 1.